The topological polar surface area (TPSA) is 28.1 Å². The number of oxime groups is 1. The SMILES string of the molecule is CN1CCN(CCCON=C2CCCCCCC2=Cc2ccccc2)CC1. The van der Waals surface area contributed by atoms with Crippen LogP contribution in [0.25, 0.3) is 6.08 Å². The van der Waals surface area contributed by atoms with E-state index in [0.717, 1.165) is 31.5 Å². The Balaban J connectivity index is 1.51. The quantitative estimate of drug-likeness (QED) is 0.548. The smallest absolute Gasteiger partial charge is 0.118 e. The molecule has 0 bridgehead atoms. The molecular weight excluding hydrogens is 334 g/mol. The molecule has 3 rings (SSSR count). The highest BCUT2D eigenvalue weighted by Crippen LogP contribution is 2.22. The molecule has 2 aliphatic rings. The molecule has 1 saturated carbocycles. The monoisotopic (exact) mass is 369 g/mol. The summed E-state index contributed by atoms with van der Waals surface area (Å²) in [6.07, 6.45) is 10.6. The molecule has 2 fully saturated rings. The molecule has 4 nitrogen and oxygen atoms in total. The maximum absolute atomic E-state index is 5.76. The first-order valence-corrected chi connectivity index (χ1v) is 10.7. The Morgan fingerprint density at radius 3 is 2.48 bits per heavy atom. The van der Waals surface area contributed by atoms with Crippen molar-refractivity contribution in [3.8, 4) is 0 Å². The molecule has 148 valence electrons. The Labute approximate surface area is 164 Å². The first-order valence-electron chi connectivity index (χ1n) is 10.7. The van der Waals surface area contributed by atoms with Crippen LogP contribution in [0, 0.1) is 0 Å². The maximum atomic E-state index is 5.76. The van der Waals surface area contributed by atoms with Crippen molar-refractivity contribution in [2.75, 3.05) is 46.4 Å². The molecule has 4 heteroatoms. The molecule has 0 amide bonds. The standard InChI is InChI=1S/C23H35N3O/c1-25-15-17-26(18-16-25)14-9-19-27-24-23-13-8-3-2-7-12-22(23)20-21-10-5-4-6-11-21/h4-6,10-11,20H,2-3,7-9,12-19H2,1H3. The molecule has 1 aliphatic carbocycles. The Morgan fingerprint density at radius 1 is 0.963 bits per heavy atom. The van der Waals surface area contributed by atoms with Gasteiger partial charge in [0, 0.05) is 32.7 Å². The van der Waals surface area contributed by atoms with Gasteiger partial charge in [0.25, 0.3) is 0 Å². The molecule has 0 aromatic heterocycles. The van der Waals surface area contributed by atoms with Gasteiger partial charge in [-0.25, -0.2) is 0 Å². The highest BCUT2D eigenvalue weighted by atomic mass is 16.6. The van der Waals surface area contributed by atoms with Crippen LogP contribution in [0.4, 0.5) is 0 Å². The zero-order valence-electron chi connectivity index (χ0n) is 16.9. The summed E-state index contributed by atoms with van der Waals surface area (Å²) in [7, 11) is 2.20. The van der Waals surface area contributed by atoms with Crippen LogP contribution >= 0.6 is 0 Å². The lowest BCUT2D eigenvalue weighted by Gasteiger charge is -2.32. The van der Waals surface area contributed by atoms with Crippen molar-refractivity contribution in [3.63, 3.8) is 0 Å². The van der Waals surface area contributed by atoms with Gasteiger partial charge in [0.2, 0.25) is 0 Å². The number of likely N-dealkylation sites (N-methyl/N-ethyl adjacent to an activating group) is 1. The minimum atomic E-state index is 0.717. The normalized spacial score (nSPS) is 23.3. The fourth-order valence-corrected chi connectivity index (χ4v) is 3.82. The van der Waals surface area contributed by atoms with Gasteiger partial charge in [-0.2, -0.15) is 0 Å². The van der Waals surface area contributed by atoms with Gasteiger partial charge in [0.1, 0.15) is 6.61 Å². The third kappa shape index (κ3) is 7.11. The number of piperazine rings is 1. The van der Waals surface area contributed by atoms with Gasteiger partial charge >= 0.3 is 0 Å². The van der Waals surface area contributed by atoms with Gasteiger partial charge in [0.15, 0.2) is 0 Å². The number of nitrogens with zero attached hydrogens (tertiary/aromatic N) is 3. The van der Waals surface area contributed by atoms with E-state index in [2.05, 4.69) is 58.4 Å². The fraction of sp³-hybridized carbons (Fsp3) is 0.609. The molecular formula is C23H35N3O. The minimum absolute atomic E-state index is 0.717. The summed E-state index contributed by atoms with van der Waals surface area (Å²) in [5, 5.41) is 4.58. The summed E-state index contributed by atoms with van der Waals surface area (Å²) in [4.78, 5) is 10.7. The number of benzene rings is 1. The van der Waals surface area contributed by atoms with Gasteiger partial charge in [0.05, 0.1) is 5.71 Å². The van der Waals surface area contributed by atoms with Crippen LogP contribution in [-0.2, 0) is 4.84 Å². The average Bonchev–Trinajstić information content (AvgIpc) is 2.68. The van der Waals surface area contributed by atoms with Crippen LogP contribution in [0.2, 0.25) is 0 Å². The van der Waals surface area contributed by atoms with Crippen molar-refractivity contribution >= 4 is 11.8 Å². The highest BCUT2D eigenvalue weighted by molar-refractivity contribution is 6.03. The van der Waals surface area contributed by atoms with Crippen molar-refractivity contribution in [2.24, 2.45) is 5.16 Å². The number of hydrogen-bond donors (Lipinski definition) is 0. The molecule has 1 heterocycles. The maximum Gasteiger partial charge on any atom is 0.118 e. The van der Waals surface area contributed by atoms with E-state index in [4.69, 9.17) is 4.84 Å². The minimum Gasteiger partial charge on any atom is -0.396 e. The second-order valence-electron chi connectivity index (χ2n) is 7.86. The molecule has 0 spiro atoms. The molecule has 0 atom stereocenters. The Bertz CT molecular complexity index is 603. The zero-order chi connectivity index (χ0) is 18.7. The van der Waals surface area contributed by atoms with E-state index in [1.165, 1.54) is 63.0 Å². The predicted octanol–water partition coefficient (Wildman–Crippen LogP) is 4.43. The first kappa shape index (κ1) is 20.1. The van der Waals surface area contributed by atoms with E-state index < -0.39 is 0 Å². The summed E-state index contributed by atoms with van der Waals surface area (Å²) in [5.74, 6) is 0. The number of rotatable bonds is 6. The lowest BCUT2D eigenvalue weighted by atomic mass is 9.93. The molecule has 1 aromatic carbocycles. The Kier molecular flexibility index (Phi) is 8.37. The molecule has 0 radical (unpaired) electrons. The van der Waals surface area contributed by atoms with E-state index >= 15 is 0 Å². The van der Waals surface area contributed by atoms with Crippen LogP contribution in [0.3, 0.4) is 0 Å². The van der Waals surface area contributed by atoms with Gasteiger partial charge in [-0.05, 0) is 56.4 Å². The molecule has 1 aromatic rings. The van der Waals surface area contributed by atoms with Crippen LogP contribution in [-0.4, -0.2) is 61.9 Å². The van der Waals surface area contributed by atoms with Crippen LogP contribution in [0.1, 0.15) is 50.5 Å². The van der Waals surface area contributed by atoms with Crippen molar-refractivity contribution < 1.29 is 4.84 Å². The second-order valence-corrected chi connectivity index (χ2v) is 7.86. The highest BCUT2D eigenvalue weighted by Gasteiger charge is 2.14. The van der Waals surface area contributed by atoms with E-state index in [1.807, 2.05) is 0 Å². The Morgan fingerprint density at radius 2 is 1.70 bits per heavy atom. The lowest BCUT2D eigenvalue weighted by molar-refractivity contribution is 0.110. The van der Waals surface area contributed by atoms with Crippen LogP contribution < -0.4 is 0 Å². The third-order valence-corrected chi connectivity index (χ3v) is 5.60. The molecule has 1 aliphatic heterocycles. The molecule has 1 saturated heterocycles. The summed E-state index contributed by atoms with van der Waals surface area (Å²) in [5.41, 5.74) is 3.79. The van der Waals surface area contributed by atoms with Crippen molar-refractivity contribution in [1.29, 1.82) is 0 Å². The predicted molar refractivity (Wildman–Crippen MR) is 114 cm³/mol. The fourth-order valence-electron chi connectivity index (χ4n) is 3.82. The summed E-state index contributed by atoms with van der Waals surface area (Å²) >= 11 is 0. The van der Waals surface area contributed by atoms with Gasteiger partial charge < -0.3 is 14.6 Å². The van der Waals surface area contributed by atoms with E-state index in [9.17, 15) is 0 Å². The van der Waals surface area contributed by atoms with Crippen molar-refractivity contribution in [3.05, 3.63) is 41.5 Å². The van der Waals surface area contributed by atoms with Gasteiger partial charge in [-0.3, -0.25) is 0 Å². The first-order chi connectivity index (χ1) is 13.3. The average molecular weight is 370 g/mol. The van der Waals surface area contributed by atoms with Crippen molar-refractivity contribution in [1.82, 2.24) is 9.80 Å². The van der Waals surface area contributed by atoms with Crippen LogP contribution in [0.5, 0.6) is 0 Å². The van der Waals surface area contributed by atoms with Gasteiger partial charge in [-0.1, -0.05) is 48.3 Å². The van der Waals surface area contributed by atoms with Gasteiger partial charge in [-0.15, -0.1) is 0 Å². The summed E-state index contributed by atoms with van der Waals surface area (Å²) in [6, 6.07) is 10.6. The molecule has 27 heavy (non-hydrogen) atoms. The zero-order valence-corrected chi connectivity index (χ0v) is 16.9. The van der Waals surface area contributed by atoms with E-state index in [0.29, 0.717) is 6.61 Å². The van der Waals surface area contributed by atoms with Crippen molar-refractivity contribution in [2.45, 2.75) is 44.9 Å². The van der Waals surface area contributed by atoms with Crippen LogP contribution in [0.15, 0.2) is 41.1 Å². The third-order valence-electron chi connectivity index (χ3n) is 5.60. The largest absolute Gasteiger partial charge is 0.396 e. The Hall–Kier alpha value is -1.65. The van der Waals surface area contributed by atoms with E-state index in [-0.39, 0.29) is 0 Å². The number of hydrogen-bond acceptors (Lipinski definition) is 4. The second kappa shape index (κ2) is 11.3. The lowest BCUT2D eigenvalue weighted by Crippen LogP contribution is -2.44. The summed E-state index contributed by atoms with van der Waals surface area (Å²) < 4.78 is 0. The van der Waals surface area contributed by atoms with E-state index in [1.54, 1.807) is 0 Å². The molecule has 0 unspecified atom stereocenters. The molecule has 0 N–H and O–H groups in total. The summed E-state index contributed by atoms with van der Waals surface area (Å²) in [6.45, 7) is 6.54. The number of allylic oxidation sites excluding steroid dienone is 1.